The van der Waals surface area contributed by atoms with Gasteiger partial charge in [0.15, 0.2) is 11.5 Å². The van der Waals surface area contributed by atoms with Gasteiger partial charge in [0, 0.05) is 36.6 Å². The van der Waals surface area contributed by atoms with Gasteiger partial charge in [0.2, 0.25) is 5.91 Å². The zero-order valence-electron chi connectivity index (χ0n) is 17.0. The predicted octanol–water partition coefficient (Wildman–Crippen LogP) is 4.42. The lowest BCUT2D eigenvalue weighted by molar-refractivity contribution is -0.127. The lowest BCUT2D eigenvalue weighted by Gasteiger charge is -2.16. The van der Waals surface area contributed by atoms with Crippen LogP contribution in [0.1, 0.15) is 37.3 Å². The topological polar surface area (TPSA) is 50.8 Å². The van der Waals surface area contributed by atoms with E-state index in [1.165, 1.54) is 0 Å². The second kappa shape index (κ2) is 11.1. The fraction of sp³-hybridized carbons (Fsp3) is 0.435. The van der Waals surface area contributed by atoms with Crippen molar-refractivity contribution in [2.75, 3.05) is 26.2 Å². The maximum Gasteiger partial charge on any atom is 0.222 e. The molecule has 0 aliphatic carbocycles. The first-order valence-corrected chi connectivity index (χ1v) is 10.7. The molecule has 1 N–H and O–H groups in total. The number of ether oxygens (including phenoxy) is 2. The highest BCUT2D eigenvalue weighted by molar-refractivity contribution is 6.31. The van der Waals surface area contributed by atoms with E-state index in [2.05, 4.69) is 5.32 Å². The van der Waals surface area contributed by atoms with Crippen molar-refractivity contribution in [3.05, 3.63) is 58.6 Å². The van der Waals surface area contributed by atoms with Gasteiger partial charge in [-0.1, -0.05) is 35.9 Å². The van der Waals surface area contributed by atoms with Crippen molar-refractivity contribution in [1.82, 2.24) is 10.2 Å². The molecule has 0 spiro atoms. The van der Waals surface area contributed by atoms with Gasteiger partial charge in [-0.3, -0.25) is 4.79 Å². The number of likely N-dealkylation sites (tertiary alicyclic amines) is 1. The summed E-state index contributed by atoms with van der Waals surface area (Å²) in [5, 5.41) is 4.14. The van der Waals surface area contributed by atoms with E-state index in [0.29, 0.717) is 36.3 Å². The van der Waals surface area contributed by atoms with Gasteiger partial charge in [-0.25, -0.2) is 0 Å². The van der Waals surface area contributed by atoms with Crippen molar-refractivity contribution in [2.45, 2.75) is 39.3 Å². The van der Waals surface area contributed by atoms with E-state index >= 15 is 0 Å². The van der Waals surface area contributed by atoms with Crippen LogP contribution < -0.4 is 14.8 Å². The number of carbonyl (C=O) groups is 1. The molecule has 1 heterocycles. The summed E-state index contributed by atoms with van der Waals surface area (Å²) >= 11 is 6.21. The van der Waals surface area contributed by atoms with Crippen LogP contribution in [0.4, 0.5) is 0 Å². The van der Waals surface area contributed by atoms with Gasteiger partial charge in [-0.15, -0.1) is 0 Å². The summed E-state index contributed by atoms with van der Waals surface area (Å²) in [6.07, 6.45) is 2.67. The number of carbonyl (C=O) groups excluding carboxylic acids is 1. The van der Waals surface area contributed by atoms with E-state index < -0.39 is 0 Å². The minimum absolute atomic E-state index is 0.290. The molecule has 1 fully saturated rings. The van der Waals surface area contributed by atoms with E-state index in [0.717, 1.165) is 55.9 Å². The largest absolute Gasteiger partial charge is 0.490 e. The third-order valence-corrected chi connectivity index (χ3v) is 5.30. The molecule has 0 bridgehead atoms. The second-order valence-corrected chi connectivity index (χ2v) is 7.52. The number of nitrogens with zero attached hydrogens (tertiary/aromatic N) is 1. The standard InChI is InChI=1S/C23H29ClN2O3/c1-2-28-22-15-18(16-25-12-6-14-26-13-5-9-23(26)27)10-11-21(22)29-17-19-7-3-4-8-20(19)24/h3-4,7-8,10-11,15,25H,2,5-6,9,12-14,16-17H2,1H3. The molecule has 0 unspecified atom stereocenters. The fourth-order valence-electron chi connectivity index (χ4n) is 3.39. The van der Waals surface area contributed by atoms with Crippen LogP contribution in [-0.2, 0) is 17.9 Å². The van der Waals surface area contributed by atoms with Crippen molar-refractivity contribution in [1.29, 1.82) is 0 Å². The highest BCUT2D eigenvalue weighted by Crippen LogP contribution is 2.30. The smallest absolute Gasteiger partial charge is 0.222 e. The number of rotatable bonds is 11. The predicted molar refractivity (Wildman–Crippen MR) is 116 cm³/mol. The number of nitrogens with one attached hydrogen (secondary N) is 1. The Morgan fingerprint density at radius 1 is 1.14 bits per heavy atom. The Kier molecular flexibility index (Phi) is 8.20. The van der Waals surface area contributed by atoms with Crippen LogP contribution in [0, 0.1) is 0 Å². The van der Waals surface area contributed by atoms with Crippen molar-refractivity contribution in [3.63, 3.8) is 0 Å². The Hall–Kier alpha value is -2.24. The zero-order chi connectivity index (χ0) is 20.5. The lowest BCUT2D eigenvalue weighted by Crippen LogP contribution is -2.28. The molecule has 1 aliphatic heterocycles. The molecular weight excluding hydrogens is 388 g/mol. The molecular formula is C23H29ClN2O3. The van der Waals surface area contributed by atoms with E-state index in [-0.39, 0.29) is 0 Å². The normalized spacial score (nSPS) is 13.7. The van der Waals surface area contributed by atoms with Gasteiger partial charge in [-0.2, -0.15) is 0 Å². The van der Waals surface area contributed by atoms with E-state index in [1.807, 2.05) is 54.3 Å². The number of amides is 1. The van der Waals surface area contributed by atoms with Crippen LogP contribution in [0.3, 0.4) is 0 Å². The lowest BCUT2D eigenvalue weighted by atomic mass is 10.2. The summed E-state index contributed by atoms with van der Waals surface area (Å²) in [7, 11) is 0. The maximum atomic E-state index is 11.6. The van der Waals surface area contributed by atoms with E-state index in [1.54, 1.807) is 0 Å². The minimum Gasteiger partial charge on any atom is -0.490 e. The number of hydrogen-bond acceptors (Lipinski definition) is 4. The molecule has 1 amide bonds. The average Bonchev–Trinajstić information content (AvgIpc) is 3.13. The Morgan fingerprint density at radius 2 is 2.00 bits per heavy atom. The number of benzene rings is 2. The first-order chi connectivity index (χ1) is 14.2. The highest BCUT2D eigenvalue weighted by Gasteiger charge is 2.18. The molecule has 5 nitrogen and oxygen atoms in total. The second-order valence-electron chi connectivity index (χ2n) is 7.11. The summed E-state index contributed by atoms with van der Waals surface area (Å²) in [4.78, 5) is 13.6. The number of halogens is 1. The van der Waals surface area contributed by atoms with Gasteiger partial charge in [-0.05, 0) is 50.1 Å². The summed E-state index contributed by atoms with van der Waals surface area (Å²) in [6, 6.07) is 13.7. The van der Waals surface area contributed by atoms with Gasteiger partial charge in [0.05, 0.1) is 6.61 Å². The number of hydrogen-bond donors (Lipinski definition) is 1. The van der Waals surface area contributed by atoms with Crippen LogP contribution in [-0.4, -0.2) is 37.0 Å². The Balaban J connectivity index is 1.49. The maximum absolute atomic E-state index is 11.6. The molecule has 3 rings (SSSR count). The van der Waals surface area contributed by atoms with Crippen LogP contribution in [0.5, 0.6) is 11.5 Å². The van der Waals surface area contributed by atoms with Crippen molar-refractivity contribution in [2.24, 2.45) is 0 Å². The molecule has 2 aromatic rings. The van der Waals surface area contributed by atoms with Crippen molar-refractivity contribution in [3.8, 4) is 11.5 Å². The van der Waals surface area contributed by atoms with Crippen LogP contribution >= 0.6 is 11.6 Å². The molecule has 6 heteroatoms. The van der Waals surface area contributed by atoms with Gasteiger partial charge in [0.25, 0.3) is 0 Å². The van der Waals surface area contributed by atoms with Gasteiger partial charge < -0.3 is 19.7 Å². The van der Waals surface area contributed by atoms with E-state index in [9.17, 15) is 4.79 Å². The summed E-state index contributed by atoms with van der Waals surface area (Å²) in [5.41, 5.74) is 2.08. The molecule has 0 atom stereocenters. The summed E-state index contributed by atoms with van der Waals surface area (Å²) in [5.74, 6) is 1.74. The van der Waals surface area contributed by atoms with Crippen molar-refractivity contribution >= 4 is 17.5 Å². The SMILES string of the molecule is CCOc1cc(CNCCCN2CCCC2=O)ccc1OCc1ccccc1Cl. The third kappa shape index (κ3) is 6.38. The molecule has 2 aromatic carbocycles. The molecule has 0 aromatic heterocycles. The third-order valence-electron chi connectivity index (χ3n) is 4.93. The van der Waals surface area contributed by atoms with Crippen LogP contribution in [0.2, 0.25) is 5.02 Å². The molecule has 29 heavy (non-hydrogen) atoms. The Bertz CT molecular complexity index is 812. The fourth-order valence-corrected chi connectivity index (χ4v) is 3.58. The molecule has 0 radical (unpaired) electrons. The Labute approximate surface area is 177 Å². The monoisotopic (exact) mass is 416 g/mol. The van der Waals surface area contributed by atoms with E-state index in [4.69, 9.17) is 21.1 Å². The molecule has 1 aliphatic rings. The highest BCUT2D eigenvalue weighted by atomic mass is 35.5. The van der Waals surface area contributed by atoms with Crippen LogP contribution in [0.25, 0.3) is 0 Å². The first kappa shape index (κ1) is 21.5. The zero-order valence-corrected chi connectivity index (χ0v) is 17.7. The minimum atomic E-state index is 0.290. The summed E-state index contributed by atoms with van der Waals surface area (Å²) < 4.78 is 11.7. The van der Waals surface area contributed by atoms with Gasteiger partial charge >= 0.3 is 0 Å². The molecule has 0 saturated carbocycles. The first-order valence-electron chi connectivity index (χ1n) is 10.3. The molecule has 156 valence electrons. The Morgan fingerprint density at radius 3 is 2.76 bits per heavy atom. The average molecular weight is 417 g/mol. The van der Waals surface area contributed by atoms with Crippen LogP contribution in [0.15, 0.2) is 42.5 Å². The van der Waals surface area contributed by atoms with Crippen molar-refractivity contribution < 1.29 is 14.3 Å². The quantitative estimate of drug-likeness (QED) is 0.551. The van der Waals surface area contributed by atoms with Gasteiger partial charge in [0.1, 0.15) is 6.61 Å². The summed E-state index contributed by atoms with van der Waals surface area (Å²) in [6.45, 7) is 6.30. The molecule has 1 saturated heterocycles.